The van der Waals surface area contributed by atoms with Crippen LogP contribution in [0.4, 0.5) is 0 Å². The van der Waals surface area contributed by atoms with Gasteiger partial charge in [-0.2, -0.15) is 0 Å². The SMILES string of the molecule is C=C[C@@H]1CC(C(=O)OC)(C(=O)OC)C[C@]1([CH2][Sn]([CH2]CCC)([CH2]CCC)[CH2]CCC)c1ccccc1. The standard InChI is InChI=1S/C18H21O4.3C4H9.Sn/c1-5-13-11-18(15(19)21-3,16(20)22-4)12-17(13,2)14-9-7-6-8-10-14;3*1-3-4-2;/h5-10,13H,1-2,11-12H2,3-4H3;3*1,3-4H2,2H3;/t13-,17+;;;;/m1..../s1. The van der Waals surface area contributed by atoms with Crippen LogP contribution in [0.5, 0.6) is 0 Å². The van der Waals surface area contributed by atoms with E-state index in [1.807, 2.05) is 12.1 Å². The fourth-order valence-electron chi connectivity index (χ4n) is 6.75. The number of carbonyl (C=O) groups is 2. The minimum absolute atomic E-state index is 0.0176. The Labute approximate surface area is 218 Å². The van der Waals surface area contributed by atoms with Gasteiger partial charge >= 0.3 is 219 Å². The van der Waals surface area contributed by atoms with Gasteiger partial charge in [0.25, 0.3) is 0 Å². The number of ether oxygens (including phenoxy) is 2. The molecule has 0 N–H and O–H groups in total. The van der Waals surface area contributed by atoms with Gasteiger partial charge in [0.1, 0.15) is 0 Å². The molecule has 0 unspecified atom stereocenters. The predicted octanol–water partition coefficient (Wildman–Crippen LogP) is 7.70. The third-order valence-electron chi connectivity index (χ3n) is 8.55. The van der Waals surface area contributed by atoms with E-state index < -0.39 is 35.7 Å². The third-order valence-corrected chi connectivity index (χ3v) is 24.6. The van der Waals surface area contributed by atoms with Gasteiger partial charge in [0.15, 0.2) is 0 Å². The van der Waals surface area contributed by atoms with E-state index >= 15 is 0 Å². The van der Waals surface area contributed by atoms with Crippen molar-refractivity contribution in [1.29, 1.82) is 0 Å². The second-order valence-electron chi connectivity index (χ2n) is 10.8. The molecule has 0 heterocycles. The van der Waals surface area contributed by atoms with Crippen LogP contribution in [0.15, 0.2) is 43.0 Å². The molecular weight excluding hydrogens is 543 g/mol. The Kier molecular flexibility index (Phi) is 11.8. The number of hydrogen-bond donors (Lipinski definition) is 0. The summed E-state index contributed by atoms with van der Waals surface area (Å²) in [7, 11) is 2.76. The number of methoxy groups -OCH3 is 2. The summed E-state index contributed by atoms with van der Waals surface area (Å²) in [5, 5.41) is 0. The van der Waals surface area contributed by atoms with Crippen molar-refractivity contribution >= 4 is 30.3 Å². The van der Waals surface area contributed by atoms with Gasteiger partial charge in [-0.15, -0.1) is 0 Å². The number of hydrogen-bond acceptors (Lipinski definition) is 4. The zero-order valence-corrected chi connectivity index (χ0v) is 25.7. The molecule has 1 aliphatic carbocycles. The quantitative estimate of drug-likeness (QED) is 0.0908. The Bertz CT molecular complexity index is 783. The maximum atomic E-state index is 13.3. The van der Waals surface area contributed by atoms with E-state index in [0.717, 1.165) is 4.44 Å². The van der Waals surface area contributed by atoms with Crippen LogP contribution in [0.25, 0.3) is 0 Å². The summed E-state index contributed by atoms with van der Waals surface area (Å²) in [6.07, 6.45) is 10.4. The van der Waals surface area contributed by atoms with Crippen LogP contribution in [0.2, 0.25) is 17.7 Å². The van der Waals surface area contributed by atoms with Crippen molar-refractivity contribution in [1.82, 2.24) is 0 Å². The first-order chi connectivity index (χ1) is 16.8. The summed E-state index contributed by atoms with van der Waals surface area (Å²) < 4.78 is 15.8. The summed E-state index contributed by atoms with van der Waals surface area (Å²) >= 11 is -2.71. The molecule has 5 heteroatoms. The van der Waals surface area contributed by atoms with Crippen LogP contribution in [0.1, 0.15) is 77.7 Å². The van der Waals surface area contributed by atoms with Gasteiger partial charge in [0, 0.05) is 0 Å². The van der Waals surface area contributed by atoms with Crippen molar-refractivity contribution < 1.29 is 19.1 Å². The molecule has 196 valence electrons. The van der Waals surface area contributed by atoms with Gasteiger partial charge in [-0.05, 0) is 0 Å². The summed E-state index contributed by atoms with van der Waals surface area (Å²) in [6, 6.07) is 10.6. The maximum absolute atomic E-state index is 13.3. The van der Waals surface area contributed by atoms with Crippen molar-refractivity contribution in [2.45, 2.75) is 95.3 Å². The monoisotopic (exact) mass is 592 g/mol. The topological polar surface area (TPSA) is 52.6 Å². The molecule has 1 fully saturated rings. The van der Waals surface area contributed by atoms with E-state index in [9.17, 15) is 9.59 Å². The molecule has 0 bridgehead atoms. The van der Waals surface area contributed by atoms with E-state index in [-0.39, 0.29) is 11.3 Å². The van der Waals surface area contributed by atoms with E-state index in [2.05, 4.69) is 51.6 Å². The molecule has 4 nitrogen and oxygen atoms in total. The number of esters is 2. The number of allylic oxidation sites excluding steroid dienone is 1. The molecule has 0 amide bonds. The van der Waals surface area contributed by atoms with Gasteiger partial charge in [-0.3, -0.25) is 0 Å². The van der Waals surface area contributed by atoms with E-state index in [1.165, 1.54) is 71.6 Å². The molecule has 0 radical (unpaired) electrons. The second kappa shape index (κ2) is 13.9. The fraction of sp³-hybridized carbons (Fsp3) is 0.667. The molecule has 1 aromatic carbocycles. The normalized spacial score (nSPS) is 21.5. The second-order valence-corrected chi connectivity index (χ2v) is 24.7. The first kappa shape index (κ1) is 29.9. The van der Waals surface area contributed by atoms with Crippen molar-refractivity contribution in [3.8, 4) is 0 Å². The predicted molar refractivity (Wildman–Crippen MR) is 147 cm³/mol. The molecule has 2 rings (SSSR count). The van der Waals surface area contributed by atoms with Gasteiger partial charge in [-0.1, -0.05) is 0 Å². The van der Waals surface area contributed by atoms with Crippen LogP contribution in [0.3, 0.4) is 0 Å². The number of unbranched alkanes of at least 4 members (excludes halogenated alkanes) is 3. The molecule has 35 heavy (non-hydrogen) atoms. The van der Waals surface area contributed by atoms with Crippen LogP contribution < -0.4 is 0 Å². The molecule has 0 aliphatic heterocycles. The van der Waals surface area contributed by atoms with Crippen molar-refractivity contribution in [3.63, 3.8) is 0 Å². The van der Waals surface area contributed by atoms with Gasteiger partial charge in [0.05, 0.1) is 0 Å². The summed E-state index contributed by atoms with van der Waals surface area (Å²) in [5.74, 6) is -0.917. The molecule has 1 aromatic rings. The molecular formula is C30H48O4Sn. The molecule has 2 atom stereocenters. The molecule has 1 aliphatic rings. The Morgan fingerprint density at radius 1 is 0.943 bits per heavy atom. The first-order valence-electron chi connectivity index (χ1n) is 13.7. The zero-order chi connectivity index (χ0) is 26.0. The van der Waals surface area contributed by atoms with Crippen LogP contribution in [0, 0.1) is 11.3 Å². The number of carbonyl (C=O) groups excluding carboxylic acids is 2. The number of rotatable bonds is 15. The summed E-state index contributed by atoms with van der Waals surface area (Å²) in [6.45, 7) is 11.1. The third kappa shape index (κ3) is 6.53. The zero-order valence-electron chi connectivity index (χ0n) is 22.9. The van der Waals surface area contributed by atoms with Gasteiger partial charge < -0.3 is 0 Å². The molecule has 0 spiro atoms. The molecule has 0 saturated heterocycles. The van der Waals surface area contributed by atoms with E-state index in [0.29, 0.717) is 12.8 Å². The molecule has 1 saturated carbocycles. The Hall–Kier alpha value is -1.30. The Morgan fingerprint density at radius 2 is 1.43 bits per heavy atom. The van der Waals surface area contributed by atoms with Crippen LogP contribution >= 0.6 is 0 Å². The number of benzene rings is 1. The minimum atomic E-state index is -2.71. The van der Waals surface area contributed by atoms with Crippen LogP contribution in [-0.2, 0) is 24.5 Å². The fourth-order valence-corrected chi connectivity index (χ4v) is 25.4. The Morgan fingerprint density at radius 3 is 1.83 bits per heavy atom. The summed E-state index contributed by atoms with van der Waals surface area (Å²) in [4.78, 5) is 26.5. The van der Waals surface area contributed by atoms with E-state index in [4.69, 9.17) is 9.47 Å². The average Bonchev–Trinajstić information content (AvgIpc) is 3.25. The summed E-state index contributed by atoms with van der Waals surface area (Å²) in [5.41, 5.74) is -0.336. The van der Waals surface area contributed by atoms with Crippen LogP contribution in [-0.4, -0.2) is 44.5 Å². The van der Waals surface area contributed by atoms with Gasteiger partial charge in [0.2, 0.25) is 0 Å². The average molecular weight is 591 g/mol. The van der Waals surface area contributed by atoms with Crippen molar-refractivity contribution in [2.75, 3.05) is 14.2 Å². The van der Waals surface area contributed by atoms with Crippen molar-refractivity contribution in [2.24, 2.45) is 11.3 Å². The Balaban J connectivity index is 2.74. The van der Waals surface area contributed by atoms with Gasteiger partial charge in [-0.25, -0.2) is 0 Å². The first-order valence-corrected chi connectivity index (χ1v) is 21.8. The van der Waals surface area contributed by atoms with E-state index in [1.54, 1.807) is 0 Å². The van der Waals surface area contributed by atoms with Crippen molar-refractivity contribution in [3.05, 3.63) is 48.6 Å². The molecule has 0 aromatic heterocycles.